The van der Waals surface area contributed by atoms with Crippen LogP contribution in [0.4, 0.5) is 0 Å². The van der Waals surface area contributed by atoms with E-state index in [1.54, 1.807) is 59.8 Å². The molecular formula is C20H24O7. The van der Waals surface area contributed by atoms with Gasteiger partial charge in [-0.25, -0.2) is 0 Å². The molecule has 146 valence electrons. The van der Waals surface area contributed by atoms with Crippen LogP contribution in [-0.4, -0.2) is 46.8 Å². The molecule has 0 fully saturated rings. The summed E-state index contributed by atoms with van der Waals surface area (Å²) < 4.78 is 33.2. The van der Waals surface area contributed by atoms with Crippen molar-refractivity contribution in [3.8, 4) is 28.7 Å². The number of fused-ring (bicyclic) bond motifs is 1. The van der Waals surface area contributed by atoms with Crippen molar-refractivity contribution < 1.29 is 33.5 Å². The van der Waals surface area contributed by atoms with Gasteiger partial charge in [0, 0.05) is 12.7 Å². The first-order valence-electron chi connectivity index (χ1n) is 8.43. The summed E-state index contributed by atoms with van der Waals surface area (Å²) in [5, 5.41) is 10.9. The van der Waals surface area contributed by atoms with Crippen LogP contribution in [0.15, 0.2) is 30.3 Å². The van der Waals surface area contributed by atoms with Gasteiger partial charge in [-0.2, -0.15) is 0 Å². The third kappa shape index (κ3) is 3.24. The Morgan fingerprint density at radius 2 is 1.48 bits per heavy atom. The van der Waals surface area contributed by atoms with Crippen LogP contribution in [0.2, 0.25) is 0 Å². The van der Waals surface area contributed by atoms with Crippen molar-refractivity contribution in [2.75, 3.05) is 35.5 Å². The molecule has 1 aliphatic rings. The molecule has 2 aromatic carbocycles. The number of aliphatic hydroxyl groups is 1. The monoisotopic (exact) mass is 376 g/mol. The summed E-state index contributed by atoms with van der Waals surface area (Å²) in [7, 11) is 7.77. The first-order valence-corrected chi connectivity index (χ1v) is 8.43. The molecule has 1 aliphatic heterocycles. The van der Waals surface area contributed by atoms with Crippen molar-refractivity contribution in [1.82, 2.24) is 0 Å². The fourth-order valence-electron chi connectivity index (χ4n) is 3.36. The normalized spacial score (nSPS) is 21.0. The molecule has 0 amide bonds. The Morgan fingerprint density at radius 1 is 0.815 bits per heavy atom. The molecule has 7 nitrogen and oxygen atoms in total. The maximum Gasteiger partial charge on any atom is 0.203 e. The number of hydrogen-bond acceptors (Lipinski definition) is 7. The van der Waals surface area contributed by atoms with Gasteiger partial charge in [0.1, 0.15) is 12.2 Å². The fraction of sp³-hybridized carbons (Fsp3) is 0.400. The predicted molar refractivity (Wildman–Crippen MR) is 98.2 cm³/mol. The Hall–Kier alpha value is -2.64. The molecule has 2 aromatic rings. The molecule has 3 rings (SSSR count). The van der Waals surface area contributed by atoms with Gasteiger partial charge in [-0.15, -0.1) is 0 Å². The summed E-state index contributed by atoms with van der Waals surface area (Å²) in [6.45, 7) is 0. The van der Waals surface area contributed by atoms with Crippen LogP contribution in [0.1, 0.15) is 23.3 Å². The molecule has 7 heteroatoms. The number of ether oxygens (including phenoxy) is 6. The van der Waals surface area contributed by atoms with Crippen LogP contribution in [0.3, 0.4) is 0 Å². The van der Waals surface area contributed by atoms with Crippen LogP contribution in [0, 0.1) is 0 Å². The van der Waals surface area contributed by atoms with Crippen molar-refractivity contribution in [3.63, 3.8) is 0 Å². The second-order valence-electron chi connectivity index (χ2n) is 6.02. The molecule has 1 N–H and O–H groups in total. The second kappa shape index (κ2) is 7.94. The lowest BCUT2D eigenvalue weighted by Gasteiger charge is -2.37. The highest BCUT2D eigenvalue weighted by Crippen LogP contribution is 2.50. The number of aliphatic hydroxyl groups excluding tert-OH is 1. The summed E-state index contributed by atoms with van der Waals surface area (Å²) in [5.41, 5.74) is 1.41. The van der Waals surface area contributed by atoms with Gasteiger partial charge in [0.25, 0.3) is 0 Å². The van der Waals surface area contributed by atoms with Crippen molar-refractivity contribution in [2.24, 2.45) is 0 Å². The van der Waals surface area contributed by atoms with Crippen molar-refractivity contribution in [1.29, 1.82) is 0 Å². The third-order valence-electron chi connectivity index (χ3n) is 4.69. The number of benzene rings is 2. The molecule has 3 unspecified atom stereocenters. The Morgan fingerprint density at radius 3 is 2.07 bits per heavy atom. The molecule has 0 saturated heterocycles. The fourth-order valence-corrected chi connectivity index (χ4v) is 3.36. The molecule has 1 heterocycles. The van der Waals surface area contributed by atoms with Crippen LogP contribution in [-0.2, 0) is 4.74 Å². The standard InChI is InChI=1S/C20H24O7/c1-22-13-8-6-11(10-15(13)24-3)17-16(21)18(25-4)12-7-9-14(23-2)20(26-5)19(12)27-17/h6-10,16-18,21H,1-5H3. The zero-order chi connectivity index (χ0) is 19.6. The SMILES string of the molecule is COc1ccc(C2Oc3c(ccc(OC)c3OC)C(OC)C2O)cc1OC. The Labute approximate surface area is 158 Å². The number of hydrogen-bond donors (Lipinski definition) is 1. The molecule has 3 atom stereocenters. The quantitative estimate of drug-likeness (QED) is 0.831. The van der Waals surface area contributed by atoms with Crippen LogP contribution in [0.25, 0.3) is 0 Å². The average molecular weight is 376 g/mol. The molecule has 0 bridgehead atoms. The minimum atomic E-state index is -0.932. The van der Waals surface area contributed by atoms with E-state index in [-0.39, 0.29) is 0 Å². The molecule has 0 aromatic heterocycles. The second-order valence-corrected chi connectivity index (χ2v) is 6.02. The van der Waals surface area contributed by atoms with Gasteiger partial charge in [0.05, 0.1) is 28.4 Å². The van der Waals surface area contributed by atoms with Gasteiger partial charge in [0.15, 0.2) is 29.1 Å². The summed E-state index contributed by atoms with van der Waals surface area (Å²) in [5.74, 6) is 2.61. The Balaban J connectivity index is 2.10. The molecule has 27 heavy (non-hydrogen) atoms. The first kappa shape index (κ1) is 19.1. The molecule has 0 spiro atoms. The Kier molecular flexibility index (Phi) is 5.62. The highest BCUT2D eigenvalue weighted by Gasteiger charge is 2.41. The van der Waals surface area contributed by atoms with E-state index in [4.69, 9.17) is 28.4 Å². The zero-order valence-corrected chi connectivity index (χ0v) is 16.0. The van der Waals surface area contributed by atoms with Crippen LogP contribution < -0.4 is 23.7 Å². The maximum atomic E-state index is 10.9. The van der Waals surface area contributed by atoms with E-state index in [0.717, 1.165) is 5.56 Å². The average Bonchev–Trinajstić information content (AvgIpc) is 2.71. The summed E-state index contributed by atoms with van der Waals surface area (Å²) >= 11 is 0. The van der Waals surface area contributed by atoms with Gasteiger partial charge < -0.3 is 33.5 Å². The lowest BCUT2D eigenvalue weighted by Crippen LogP contribution is -2.35. The molecule has 0 radical (unpaired) electrons. The van der Waals surface area contributed by atoms with Gasteiger partial charge >= 0.3 is 0 Å². The van der Waals surface area contributed by atoms with Gasteiger partial charge in [-0.1, -0.05) is 6.07 Å². The summed E-state index contributed by atoms with van der Waals surface area (Å²) in [6, 6.07) is 8.93. The minimum absolute atomic E-state index is 0.453. The Bertz CT molecular complexity index is 805. The van der Waals surface area contributed by atoms with Gasteiger partial charge in [-0.3, -0.25) is 0 Å². The minimum Gasteiger partial charge on any atom is -0.493 e. The van der Waals surface area contributed by atoms with Crippen molar-refractivity contribution >= 4 is 0 Å². The smallest absolute Gasteiger partial charge is 0.203 e. The van der Waals surface area contributed by atoms with E-state index in [0.29, 0.717) is 34.3 Å². The van der Waals surface area contributed by atoms with E-state index in [1.807, 2.05) is 6.07 Å². The van der Waals surface area contributed by atoms with E-state index < -0.39 is 18.3 Å². The van der Waals surface area contributed by atoms with Crippen LogP contribution in [0.5, 0.6) is 28.7 Å². The van der Waals surface area contributed by atoms with Gasteiger partial charge in [0.2, 0.25) is 5.75 Å². The number of rotatable bonds is 6. The topological polar surface area (TPSA) is 75.6 Å². The first-order chi connectivity index (χ1) is 13.1. The predicted octanol–water partition coefficient (Wildman–Crippen LogP) is 2.90. The summed E-state index contributed by atoms with van der Waals surface area (Å²) in [6.07, 6.45) is -2.21. The maximum absolute atomic E-state index is 10.9. The van der Waals surface area contributed by atoms with Crippen molar-refractivity contribution in [3.05, 3.63) is 41.5 Å². The molecule has 0 saturated carbocycles. The van der Waals surface area contributed by atoms with E-state index in [2.05, 4.69) is 0 Å². The third-order valence-corrected chi connectivity index (χ3v) is 4.69. The molecule has 0 aliphatic carbocycles. The van der Waals surface area contributed by atoms with E-state index >= 15 is 0 Å². The number of methoxy groups -OCH3 is 5. The van der Waals surface area contributed by atoms with Crippen LogP contribution >= 0.6 is 0 Å². The lowest BCUT2D eigenvalue weighted by atomic mass is 9.91. The van der Waals surface area contributed by atoms with Gasteiger partial charge in [-0.05, 0) is 29.8 Å². The lowest BCUT2D eigenvalue weighted by molar-refractivity contribution is -0.0878. The molecular weight excluding hydrogens is 352 g/mol. The van der Waals surface area contributed by atoms with E-state index in [9.17, 15) is 5.11 Å². The largest absolute Gasteiger partial charge is 0.493 e. The van der Waals surface area contributed by atoms with Crippen molar-refractivity contribution in [2.45, 2.75) is 18.3 Å². The summed E-state index contributed by atoms with van der Waals surface area (Å²) in [4.78, 5) is 0. The highest BCUT2D eigenvalue weighted by molar-refractivity contribution is 5.58. The van der Waals surface area contributed by atoms with E-state index in [1.165, 1.54) is 0 Å². The zero-order valence-electron chi connectivity index (χ0n) is 16.0. The highest BCUT2D eigenvalue weighted by atomic mass is 16.6.